The van der Waals surface area contributed by atoms with Gasteiger partial charge in [-0.25, -0.2) is 0 Å². The summed E-state index contributed by atoms with van der Waals surface area (Å²) < 4.78 is 1.80. The maximum absolute atomic E-state index is 11.9. The van der Waals surface area contributed by atoms with Crippen LogP contribution >= 0.6 is 11.6 Å². The predicted octanol–water partition coefficient (Wildman–Crippen LogP) is 1.43. The van der Waals surface area contributed by atoms with Crippen LogP contribution in [0.3, 0.4) is 0 Å². The Morgan fingerprint density at radius 1 is 1.62 bits per heavy atom. The van der Waals surface area contributed by atoms with E-state index in [1.165, 1.54) is 0 Å². The summed E-state index contributed by atoms with van der Waals surface area (Å²) in [5, 5.41) is 22.8. The Kier molecular flexibility index (Phi) is 4.22. The zero-order valence-electron chi connectivity index (χ0n) is 11.4. The first-order valence-corrected chi connectivity index (χ1v) is 6.51. The van der Waals surface area contributed by atoms with E-state index in [1.807, 2.05) is 13.8 Å². The molecule has 2 aromatic rings. The lowest BCUT2D eigenvalue weighted by atomic mass is 10.2. The molecule has 0 saturated heterocycles. The molecule has 9 nitrogen and oxygen atoms in total. The summed E-state index contributed by atoms with van der Waals surface area (Å²) in [6.45, 7) is 4.83. The minimum absolute atomic E-state index is 0.205. The molecule has 0 aliphatic rings. The third kappa shape index (κ3) is 2.87. The number of H-pyrrole nitrogens is 1. The van der Waals surface area contributed by atoms with E-state index in [1.54, 1.807) is 10.9 Å². The first kappa shape index (κ1) is 15.0. The minimum Gasteiger partial charge on any atom is -0.358 e. The van der Waals surface area contributed by atoms with Gasteiger partial charge in [-0.15, -0.1) is 5.10 Å². The summed E-state index contributed by atoms with van der Waals surface area (Å²) in [7, 11) is 0. The van der Waals surface area contributed by atoms with Crippen LogP contribution in [0.4, 0.5) is 5.82 Å². The van der Waals surface area contributed by atoms with Gasteiger partial charge < -0.3 is 15.4 Å². The van der Waals surface area contributed by atoms with Gasteiger partial charge in [-0.2, -0.15) is 5.10 Å². The maximum atomic E-state index is 11.9. The molecule has 0 spiro atoms. The molecule has 1 amide bonds. The quantitative estimate of drug-likeness (QED) is 0.639. The van der Waals surface area contributed by atoms with Gasteiger partial charge in [-0.3, -0.25) is 9.48 Å². The van der Waals surface area contributed by atoms with Gasteiger partial charge >= 0.3 is 5.82 Å². The van der Waals surface area contributed by atoms with Gasteiger partial charge in [-0.05, 0) is 18.8 Å². The Bertz CT molecular complexity index is 692. The summed E-state index contributed by atoms with van der Waals surface area (Å²) in [5.74, 6) is -1.09. The normalized spacial score (nSPS) is 10.6. The number of nitrogens with one attached hydrogen (secondary N) is 2. The highest BCUT2D eigenvalue weighted by molar-refractivity contribution is 6.35. The Hall–Kier alpha value is -2.42. The van der Waals surface area contributed by atoms with Crippen molar-refractivity contribution in [2.75, 3.05) is 0 Å². The van der Waals surface area contributed by atoms with Crippen LogP contribution in [0.5, 0.6) is 0 Å². The van der Waals surface area contributed by atoms with Crippen molar-refractivity contribution in [2.24, 2.45) is 0 Å². The van der Waals surface area contributed by atoms with E-state index >= 15 is 0 Å². The number of amides is 1. The number of hydrogen-bond acceptors (Lipinski definition) is 5. The fourth-order valence-electron chi connectivity index (χ4n) is 1.83. The van der Waals surface area contributed by atoms with Crippen LogP contribution in [-0.2, 0) is 13.1 Å². The SMILES string of the molecule is CCn1ncc(CNC(=O)c2n[nH]c([N+](=O)[O-])c2Cl)c1C. The fourth-order valence-corrected chi connectivity index (χ4v) is 2.07. The van der Waals surface area contributed by atoms with Gasteiger partial charge in [0.1, 0.15) is 0 Å². The smallest absolute Gasteiger partial charge is 0.358 e. The van der Waals surface area contributed by atoms with E-state index in [4.69, 9.17) is 11.6 Å². The lowest BCUT2D eigenvalue weighted by Gasteiger charge is -2.03. The van der Waals surface area contributed by atoms with Gasteiger partial charge in [0.05, 0.1) is 6.20 Å². The second kappa shape index (κ2) is 5.92. The van der Waals surface area contributed by atoms with E-state index in [0.717, 1.165) is 17.8 Å². The molecule has 0 atom stereocenters. The summed E-state index contributed by atoms with van der Waals surface area (Å²) in [5.41, 5.74) is 1.59. The molecular formula is C11H13ClN6O3. The Morgan fingerprint density at radius 3 is 2.86 bits per heavy atom. The number of aromatic amines is 1. The molecule has 0 radical (unpaired) electrons. The summed E-state index contributed by atoms with van der Waals surface area (Å²) >= 11 is 5.74. The number of rotatable bonds is 5. The zero-order valence-corrected chi connectivity index (χ0v) is 12.1. The average Bonchev–Trinajstić information content (AvgIpc) is 2.99. The highest BCUT2D eigenvalue weighted by atomic mass is 35.5. The molecule has 10 heteroatoms. The van der Waals surface area contributed by atoms with E-state index in [0.29, 0.717) is 0 Å². The van der Waals surface area contributed by atoms with Crippen LogP contribution in [0.15, 0.2) is 6.20 Å². The van der Waals surface area contributed by atoms with E-state index in [2.05, 4.69) is 20.6 Å². The number of carbonyl (C=O) groups excluding carboxylic acids is 1. The molecule has 0 saturated carbocycles. The molecule has 0 aliphatic heterocycles. The molecule has 112 valence electrons. The number of hydrogen-bond donors (Lipinski definition) is 2. The van der Waals surface area contributed by atoms with Gasteiger partial charge in [-0.1, -0.05) is 16.7 Å². The number of nitrogens with zero attached hydrogens (tertiary/aromatic N) is 4. The highest BCUT2D eigenvalue weighted by Crippen LogP contribution is 2.24. The summed E-state index contributed by atoms with van der Waals surface area (Å²) in [6.07, 6.45) is 1.66. The molecule has 21 heavy (non-hydrogen) atoms. The van der Waals surface area contributed by atoms with Crippen molar-refractivity contribution < 1.29 is 9.72 Å². The van der Waals surface area contributed by atoms with Crippen molar-refractivity contribution in [3.8, 4) is 0 Å². The molecule has 2 rings (SSSR count). The van der Waals surface area contributed by atoms with Crippen LogP contribution in [0.25, 0.3) is 0 Å². The Morgan fingerprint density at radius 2 is 2.33 bits per heavy atom. The molecule has 2 N–H and O–H groups in total. The maximum Gasteiger partial charge on any atom is 0.362 e. The molecule has 0 unspecified atom stereocenters. The first-order valence-electron chi connectivity index (χ1n) is 6.13. The molecule has 2 heterocycles. The number of aromatic nitrogens is 4. The van der Waals surface area contributed by atoms with Gasteiger partial charge in [0.15, 0.2) is 10.7 Å². The Balaban J connectivity index is 2.08. The topological polar surface area (TPSA) is 119 Å². The standard InChI is InChI=1S/C11H13ClN6O3/c1-3-17-6(2)7(5-14-17)4-13-11(19)9-8(12)10(16-15-9)18(20)21/h5H,3-4H2,1-2H3,(H,13,19)(H,15,16). The number of aryl methyl sites for hydroxylation is 1. The zero-order chi connectivity index (χ0) is 15.6. The molecule has 0 aromatic carbocycles. The second-order valence-corrected chi connectivity index (χ2v) is 4.62. The number of nitro groups is 1. The van der Waals surface area contributed by atoms with Crippen LogP contribution < -0.4 is 5.32 Å². The Labute approximate surface area is 124 Å². The average molecular weight is 313 g/mol. The summed E-state index contributed by atoms with van der Waals surface area (Å²) in [6, 6.07) is 0. The highest BCUT2D eigenvalue weighted by Gasteiger charge is 2.25. The van der Waals surface area contributed by atoms with E-state index in [-0.39, 0.29) is 17.3 Å². The third-order valence-electron chi connectivity index (χ3n) is 3.03. The van der Waals surface area contributed by atoms with Crippen molar-refractivity contribution in [3.05, 3.63) is 38.3 Å². The predicted molar refractivity (Wildman–Crippen MR) is 74.1 cm³/mol. The van der Waals surface area contributed by atoms with E-state index in [9.17, 15) is 14.9 Å². The first-order chi connectivity index (χ1) is 9.95. The van der Waals surface area contributed by atoms with Crippen LogP contribution in [-0.4, -0.2) is 30.8 Å². The van der Waals surface area contributed by atoms with Crippen LogP contribution in [0.2, 0.25) is 5.02 Å². The second-order valence-electron chi connectivity index (χ2n) is 4.25. The van der Waals surface area contributed by atoms with Crippen LogP contribution in [0, 0.1) is 17.0 Å². The monoisotopic (exact) mass is 312 g/mol. The third-order valence-corrected chi connectivity index (χ3v) is 3.39. The number of carbonyl (C=O) groups is 1. The molecule has 0 bridgehead atoms. The van der Waals surface area contributed by atoms with Crippen molar-refractivity contribution >= 4 is 23.3 Å². The van der Waals surface area contributed by atoms with Gasteiger partial charge in [0.25, 0.3) is 5.91 Å². The lowest BCUT2D eigenvalue weighted by Crippen LogP contribution is -2.23. The molecule has 0 aliphatic carbocycles. The fraction of sp³-hybridized carbons (Fsp3) is 0.364. The van der Waals surface area contributed by atoms with Crippen molar-refractivity contribution in [1.29, 1.82) is 0 Å². The van der Waals surface area contributed by atoms with Crippen LogP contribution in [0.1, 0.15) is 28.7 Å². The minimum atomic E-state index is -0.735. The van der Waals surface area contributed by atoms with Gasteiger partial charge in [0, 0.05) is 24.3 Å². The largest absolute Gasteiger partial charge is 0.362 e. The van der Waals surface area contributed by atoms with Crippen molar-refractivity contribution in [2.45, 2.75) is 26.9 Å². The summed E-state index contributed by atoms with van der Waals surface area (Å²) in [4.78, 5) is 21.8. The van der Waals surface area contributed by atoms with Crippen molar-refractivity contribution in [1.82, 2.24) is 25.3 Å². The molecular weight excluding hydrogens is 300 g/mol. The molecule has 0 fully saturated rings. The molecule has 2 aromatic heterocycles. The lowest BCUT2D eigenvalue weighted by molar-refractivity contribution is -0.389. The van der Waals surface area contributed by atoms with Crippen molar-refractivity contribution in [3.63, 3.8) is 0 Å². The van der Waals surface area contributed by atoms with E-state index < -0.39 is 16.6 Å². The number of halogens is 1. The van der Waals surface area contributed by atoms with Gasteiger partial charge in [0.2, 0.25) is 0 Å².